The Morgan fingerprint density at radius 3 is 2.04 bits per heavy atom. The van der Waals surface area contributed by atoms with E-state index in [1.165, 1.54) is 0 Å². The number of nitrogens with zero attached hydrogens (tertiary/aromatic N) is 1. The lowest BCUT2D eigenvalue weighted by molar-refractivity contribution is 0.101. The Labute approximate surface area is 148 Å². The summed E-state index contributed by atoms with van der Waals surface area (Å²) >= 11 is 0. The summed E-state index contributed by atoms with van der Waals surface area (Å²) in [6, 6.07) is 24.2. The number of amides is 1. The fourth-order valence-corrected chi connectivity index (χ4v) is 3.43. The molecule has 0 atom stereocenters. The zero-order valence-corrected chi connectivity index (χ0v) is 14.4. The van der Waals surface area contributed by atoms with Crippen LogP contribution in [0.3, 0.4) is 0 Å². The number of hydrogen-bond acceptors (Lipinski definition) is 1. The number of benzene rings is 3. The van der Waals surface area contributed by atoms with Crippen molar-refractivity contribution in [2.45, 2.75) is 13.8 Å². The van der Waals surface area contributed by atoms with E-state index in [1.54, 1.807) is 0 Å². The predicted molar refractivity (Wildman–Crippen MR) is 103 cm³/mol. The highest BCUT2D eigenvalue weighted by molar-refractivity contribution is 6.24. The first kappa shape index (κ1) is 15.4. The van der Waals surface area contributed by atoms with Gasteiger partial charge in [0.15, 0.2) is 0 Å². The Morgan fingerprint density at radius 2 is 1.36 bits per heavy atom. The third-order valence-corrected chi connectivity index (χ3v) is 4.45. The molecular formula is C23H19NO. The minimum absolute atomic E-state index is 0.0304. The van der Waals surface area contributed by atoms with Crippen LogP contribution in [0.4, 0.5) is 5.69 Å². The summed E-state index contributed by atoms with van der Waals surface area (Å²) in [7, 11) is 0. The average Bonchev–Trinajstić information content (AvgIpc) is 2.88. The monoisotopic (exact) mass is 325 g/mol. The average molecular weight is 325 g/mol. The maximum atomic E-state index is 13.1. The van der Waals surface area contributed by atoms with Crippen molar-refractivity contribution in [3.8, 4) is 0 Å². The van der Waals surface area contributed by atoms with Gasteiger partial charge < -0.3 is 0 Å². The predicted octanol–water partition coefficient (Wildman–Crippen LogP) is 5.46. The van der Waals surface area contributed by atoms with Crippen LogP contribution in [0.1, 0.15) is 32.6 Å². The first-order chi connectivity index (χ1) is 12.1. The molecule has 1 heterocycles. The van der Waals surface area contributed by atoms with Gasteiger partial charge in [-0.2, -0.15) is 0 Å². The number of carbonyl (C=O) groups is 1. The van der Waals surface area contributed by atoms with Crippen LogP contribution < -0.4 is 4.90 Å². The smallest absolute Gasteiger partial charge is 0.263 e. The van der Waals surface area contributed by atoms with E-state index in [2.05, 4.69) is 50.3 Å². The van der Waals surface area contributed by atoms with Crippen LogP contribution in [-0.2, 0) is 0 Å². The summed E-state index contributed by atoms with van der Waals surface area (Å²) in [5.74, 6) is 0.0304. The summed E-state index contributed by atoms with van der Waals surface area (Å²) in [5.41, 5.74) is 6.96. The van der Waals surface area contributed by atoms with Gasteiger partial charge >= 0.3 is 0 Å². The molecule has 0 spiro atoms. The maximum absolute atomic E-state index is 13.1. The third kappa shape index (κ3) is 2.76. The molecule has 3 aromatic rings. The molecule has 0 aliphatic carbocycles. The second-order valence-corrected chi connectivity index (χ2v) is 6.47. The lowest BCUT2D eigenvalue weighted by Gasteiger charge is -2.20. The van der Waals surface area contributed by atoms with Crippen molar-refractivity contribution in [3.05, 3.63) is 101 Å². The van der Waals surface area contributed by atoms with E-state index in [1.807, 2.05) is 47.4 Å². The van der Waals surface area contributed by atoms with E-state index in [9.17, 15) is 4.79 Å². The van der Waals surface area contributed by atoms with Gasteiger partial charge in [-0.3, -0.25) is 9.69 Å². The molecule has 0 saturated carbocycles. The molecule has 0 fully saturated rings. The number of fused-ring (bicyclic) bond motifs is 1. The maximum Gasteiger partial charge on any atom is 0.263 e. The number of hydrogen-bond donors (Lipinski definition) is 0. The van der Waals surface area contributed by atoms with Crippen molar-refractivity contribution >= 4 is 23.4 Å². The summed E-state index contributed by atoms with van der Waals surface area (Å²) < 4.78 is 0. The molecule has 2 nitrogen and oxygen atoms in total. The lowest BCUT2D eigenvalue weighted by atomic mass is 10.1. The second-order valence-electron chi connectivity index (χ2n) is 6.47. The summed E-state index contributed by atoms with van der Waals surface area (Å²) in [6.07, 6.45) is 2.08. The molecule has 3 aromatic carbocycles. The fourth-order valence-electron chi connectivity index (χ4n) is 3.43. The molecular weight excluding hydrogens is 306 g/mol. The van der Waals surface area contributed by atoms with Crippen molar-refractivity contribution in [1.29, 1.82) is 0 Å². The first-order valence-electron chi connectivity index (χ1n) is 8.42. The van der Waals surface area contributed by atoms with Gasteiger partial charge in [0.05, 0.1) is 5.70 Å². The number of rotatable bonds is 2. The summed E-state index contributed by atoms with van der Waals surface area (Å²) in [4.78, 5) is 14.9. The Morgan fingerprint density at radius 1 is 0.760 bits per heavy atom. The minimum atomic E-state index is 0.0304. The molecule has 0 unspecified atom stereocenters. The first-order valence-corrected chi connectivity index (χ1v) is 8.42. The van der Waals surface area contributed by atoms with E-state index in [-0.39, 0.29) is 5.91 Å². The molecule has 1 amide bonds. The van der Waals surface area contributed by atoms with Crippen LogP contribution in [0.5, 0.6) is 0 Å². The Hall–Kier alpha value is -3.13. The molecule has 122 valence electrons. The van der Waals surface area contributed by atoms with Gasteiger partial charge in [-0.25, -0.2) is 0 Å². The van der Waals surface area contributed by atoms with E-state index >= 15 is 0 Å². The van der Waals surface area contributed by atoms with Crippen LogP contribution in [0.2, 0.25) is 0 Å². The largest absolute Gasteiger partial charge is 0.276 e. The van der Waals surface area contributed by atoms with Gasteiger partial charge in [0, 0.05) is 16.8 Å². The molecule has 0 N–H and O–H groups in total. The number of anilines is 1. The molecule has 2 heteroatoms. The molecule has 0 aromatic heterocycles. The van der Waals surface area contributed by atoms with Gasteiger partial charge in [-0.15, -0.1) is 0 Å². The number of aryl methyl sites for hydroxylation is 2. The quantitative estimate of drug-likeness (QED) is 0.612. The van der Waals surface area contributed by atoms with Crippen LogP contribution in [0.15, 0.2) is 72.8 Å². The zero-order chi connectivity index (χ0) is 17.4. The van der Waals surface area contributed by atoms with E-state index in [0.717, 1.165) is 39.2 Å². The molecule has 4 rings (SSSR count). The summed E-state index contributed by atoms with van der Waals surface area (Å²) in [5, 5.41) is 0. The van der Waals surface area contributed by atoms with Gasteiger partial charge in [-0.1, -0.05) is 54.6 Å². The van der Waals surface area contributed by atoms with Gasteiger partial charge in [0.25, 0.3) is 5.91 Å². The highest BCUT2D eigenvalue weighted by Gasteiger charge is 2.33. The third-order valence-electron chi connectivity index (χ3n) is 4.45. The van der Waals surface area contributed by atoms with E-state index < -0.39 is 0 Å². The molecule has 0 saturated heterocycles. The zero-order valence-electron chi connectivity index (χ0n) is 14.4. The Kier molecular flexibility index (Phi) is 3.73. The van der Waals surface area contributed by atoms with E-state index in [4.69, 9.17) is 0 Å². The van der Waals surface area contributed by atoms with Crippen LogP contribution in [0, 0.1) is 13.8 Å². The minimum Gasteiger partial charge on any atom is -0.276 e. The Bertz CT molecular complexity index is 966. The van der Waals surface area contributed by atoms with Crippen molar-refractivity contribution in [2.24, 2.45) is 0 Å². The van der Waals surface area contributed by atoms with Gasteiger partial charge in [0.2, 0.25) is 0 Å². The van der Waals surface area contributed by atoms with Crippen LogP contribution in [-0.4, -0.2) is 5.91 Å². The standard InChI is InChI=1S/C23H19NO/c1-16-12-17(2)14-19(13-16)24-22(15-18-8-4-3-5-9-18)20-10-6-7-11-21(20)23(24)25/h3-15H,1-2H3. The van der Waals surface area contributed by atoms with E-state index in [0.29, 0.717) is 0 Å². The SMILES string of the molecule is Cc1cc(C)cc(N2C(=O)c3ccccc3C2=Cc2ccccc2)c1. The highest BCUT2D eigenvalue weighted by Crippen LogP contribution is 2.38. The molecule has 0 bridgehead atoms. The topological polar surface area (TPSA) is 20.3 Å². The molecule has 1 aliphatic heterocycles. The van der Waals surface area contributed by atoms with Crippen LogP contribution >= 0.6 is 0 Å². The lowest BCUT2D eigenvalue weighted by Crippen LogP contribution is -2.22. The highest BCUT2D eigenvalue weighted by atomic mass is 16.2. The molecule has 25 heavy (non-hydrogen) atoms. The van der Waals surface area contributed by atoms with Crippen molar-refractivity contribution in [2.75, 3.05) is 4.90 Å². The Balaban J connectivity index is 1.93. The summed E-state index contributed by atoms with van der Waals surface area (Å²) in [6.45, 7) is 4.12. The molecule has 0 radical (unpaired) electrons. The second kappa shape index (κ2) is 6.06. The fraction of sp³-hybridized carbons (Fsp3) is 0.0870. The van der Waals surface area contributed by atoms with Gasteiger partial charge in [-0.05, 0) is 54.8 Å². The van der Waals surface area contributed by atoms with Crippen molar-refractivity contribution < 1.29 is 4.79 Å². The van der Waals surface area contributed by atoms with Gasteiger partial charge in [0.1, 0.15) is 0 Å². The van der Waals surface area contributed by atoms with Crippen molar-refractivity contribution in [3.63, 3.8) is 0 Å². The molecule has 1 aliphatic rings. The van der Waals surface area contributed by atoms with Crippen molar-refractivity contribution in [1.82, 2.24) is 0 Å². The van der Waals surface area contributed by atoms with Crippen LogP contribution in [0.25, 0.3) is 11.8 Å². The number of carbonyl (C=O) groups excluding carboxylic acids is 1. The normalized spacial score (nSPS) is 14.9.